The summed E-state index contributed by atoms with van der Waals surface area (Å²) in [4.78, 5) is 0. The third-order valence-corrected chi connectivity index (χ3v) is 2.01. The van der Waals surface area contributed by atoms with Gasteiger partial charge in [-0.25, -0.2) is 0 Å². The molecule has 1 heteroatoms. The summed E-state index contributed by atoms with van der Waals surface area (Å²) in [5.41, 5.74) is 6.75. The van der Waals surface area contributed by atoms with Crippen molar-refractivity contribution in [2.45, 2.75) is 25.7 Å². The van der Waals surface area contributed by atoms with Gasteiger partial charge in [0.1, 0.15) is 0 Å². The first-order valence-electron chi connectivity index (χ1n) is 3.88. The van der Waals surface area contributed by atoms with Crippen LogP contribution in [0.3, 0.4) is 0 Å². The van der Waals surface area contributed by atoms with Crippen LogP contribution in [0.2, 0.25) is 0 Å². The quantitative estimate of drug-likeness (QED) is 0.580. The Labute approximate surface area is 62.6 Å². The van der Waals surface area contributed by atoms with Gasteiger partial charge in [0.25, 0.3) is 0 Å². The lowest BCUT2D eigenvalue weighted by Gasteiger charge is -2.18. The summed E-state index contributed by atoms with van der Waals surface area (Å²) in [6, 6.07) is 0. The molecule has 0 bridgehead atoms. The summed E-state index contributed by atoms with van der Waals surface area (Å²) in [7, 11) is 0. The third kappa shape index (κ3) is 1.90. The highest BCUT2D eigenvalue weighted by atomic mass is 14.6. The molecule has 1 aliphatic carbocycles. The van der Waals surface area contributed by atoms with Crippen LogP contribution in [0, 0.1) is 5.92 Å². The maximum Gasteiger partial charge on any atom is 0.00428 e. The molecule has 0 aromatic rings. The van der Waals surface area contributed by atoms with Crippen molar-refractivity contribution >= 4 is 0 Å². The van der Waals surface area contributed by atoms with E-state index in [0.717, 1.165) is 30.9 Å². The average molecular weight is 137 g/mol. The zero-order chi connectivity index (χ0) is 7.40. The van der Waals surface area contributed by atoms with Crippen LogP contribution >= 0.6 is 0 Å². The molecular weight excluding hydrogens is 122 g/mol. The molecule has 0 spiro atoms. The van der Waals surface area contributed by atoms with Crippen LogP contribution in [0.1, 0.15) is 25.7 Å². The van der Waals surface area contributed by atoms with E-state index < -0.39 is 0 Å². The minimum Gasteiger partial charge on any atom is -0.402 e. The Bertz CT molecular complexity index is 147. The lowest BCUT2D eigenvalue weighted by Crippen LogP contribution is -2.10. The van der Waals surface area contributed by atoms with Crippen LogP contribution < -0.4 is 5.73 Å². The fraction of sp³-hybridized carbons (Fsp3) is 0.556. The number of allylic oxidation sites excluding steroid dienone is 3. The predicted molar refractivity (Wildman–Crippen MR) is 44.4 cm³/mol. The molecule has 2 N–H and O–H groups in total. The van der Waals surface area contributed by atoms with Gasteiger partial charge < -0.3 is 5.73 Å². The largest absolute Gasteiger partial charge is 0.402 e. The van der Waals surface area contributed by atoms with Crippen LogP contribution in [-0.2, 0) is 0 Å². The van der Waals surface area contributed by atoms with Gasteiger partial charge in [0.05, 0.1) is 0 Å². The first-order valence-corrected chi connectivity index (χ1v) is 3.88. The smallest absolute Gasteiger partial charge is 0.00428 e. The Morgan fingerprint density at radius 1 is 1.80 bits per heavy atom. The van der Waals surface area contributed by atoms with Crippen LogP contribution in [-0.4, -0.2) is 0 Å². The highest BCUT2D eigenvalue weighted by molar-refractivity contribution is 5.02. The molecule has 1 nitrogen and oxygen atoms in total. The van der Waals surface area contributed by atoms with Crippen LogP contribution in [0.4, 0.5) is 0 Å². The summed E-state index contributed by atoms with van der Waals surface area (Å²) in [6.45, 7) is 3.72. The molecule has 0 unspecified atom stereocenters. The van der Waals surface area contributed by atoms with Gasteiger partial charge in [-0.3, -0.25) is 0 Å². The van der Waals surface area contributed by atoms with Gasteiger partial charge in [-0.1, -0.05) is 12.2 Å². The Morgan fingerprint density at radius 3 is 3.20 bits per heavy atom. The summed E-state index contributed by atoms with van der Waals surface area (Å²) in [5, 5.41) is 0. The minimum absolute atomic E-state index is 0.766. The number of hydrogen-bond acceptors (Lipinski definition) is 1. The van der Waals surface area contributed by atoms with Gasteiger partial charge in [-0.15, -0.1) is 6.58 Å². The fourth-order valence-electron chi connectivity index (χ4n) is 1.46. The molecule has 10 heavy (non-hydrogen) atoms. The van der Waals surface area contributed by atoms with Crippen molar-refractivity contribution < 1.29 is 0 Å². The number of rotatable bonds is 2. The van der Waals surface area contributed by atoms with Crippen molar-refractivity contribution in [1.82, 2.24) is 0 Å². The lowest BCUT2D eigenvalue weighted by molar-refractivity contribution is 0.469. The van der Waals surface area contributed by atoms with Crippen molar-refractivity contribution in [2.24, 2.45) is 11.7 Å². The zero-order valence-corrected chi connectivity index (χ0v) is 6.34. The average Bonchev–Trinajstić information content (AvgIpc) is 1.88. The fourth-order valence-corrected chi connectivity index (χ4v) is 1.46. The van der Waals surface area contributed by atoms with Crippen LogP contribution in [0.15, 0.2) is 24.4 Å². The second-order valence-electron chi connectivity index (χ2n) is 2.95. The molecule has 1 atom stereocenters. The summed E-state index contributed by atoms with van der Waals surface area (Å²) >= 11 is 0. The second kappa shape index (κ2) is 3.45. The van der Waals surface area contributed by atoms with Crippen LogP contribution in [0.25, 0.3) is 0 Å². The van der Waals surface area contributed by atoms with Gasteiger partial charge >= 0.3 is 0 Å². The molecule has 1 aliphatic rings. The van der Waals surface area contributed by atoms with E-state index >= 15 is 0 Å². The molecule has 0 saturated carbocycles. The standard InChI is InChI=1S/C9H15N/c1-2-4-8-5-3-6-9(10)7-8/h2,6,8H,1,3-5,7,10H2/t8-/m0/s1. The molecule has 0 aromatic heterocycles. The van der Waals surface area contributed by atoms with Gasteiger partial charge in [0.2, 0.25) is 0 Å². The molecule has 0 amide bonds. The first kappa shape index (κ1) is 7.39. The Balaban J connectivity index is 2.37. The van der Waals surface area contributed by atoms with Gasteiger partial charge in [0, 0.05) is 5.70 Å². The van der Waals surface area contributed by atoms with E-state index in [2.05, 4.69) is 12.7 Å². The van der Waals surface area contributed by atoms with Crippen molar-refractivity contribution in [2.75, 3.05) is 0 Å². The zero-order valence-electron chi connectivity index (χ0n) is 6.34. The van der Waals surface area contributed by atoms with Crippen molar-refractivity contribution in [3.05, 3.63) is 24.4 Å². The van der Waals surface area contributed by atoms with Gasteiger partial charge in [-0.05, 0) is 31.6 Å². The first-order chi connectivity index (χ1) is 4.83. The third-order valence-electron chi connectivity index (χ3n) is 2.01. The normalized spacial score (nSPS) is 25.6. The monoisotopic (exact) mass is 137 g/mol. The van der Waals surface area contributed by atoms with E-state index in [-0.39, 0.29) is 0 Å². The maximum absolute atomic E-state index is 5.68. The van der Waals surface area contributed by atoms with Crippen molar-refractivity contribution in [3.8, 4) is 0 Å². The lowest BCUT2D eigenvalue weighted by atomic mass is 9.90. The molecule has 0 saturated heterocycles. The summed E-state index contributed by atoms with van der Waals surface area (Å²) in [5.74, 6) is 0.766. The Morgan fingerprint density at radius 2 is 2.60 bits per heavy atom. The highest BCUT2D eigenvalue weighted by Gasteiger charge is 2.11. The molecule has 0 fully saturated rings. The molecule has 0 heterocycles. The molecule has 0 aliphatic heterocycles. The summed E-state index contributed by atoms with van der Waals surface area (Å²) < 4.78 is 0. The van der Waals surface area contributed by atoms with E-state index in [0.29, 0.717) is 0 Å². The predicted octanol–water partition coefficient (Wildman–Crippen LogP) is 2.21. The van der Waals surface area contributed by atoms with Gasteiger partial charge in [-0.2, -0.15) is 0 Å². The SMILES string of the molecule is C=CC[C@H]1CCC=C(N)C1. The molecular formula is C9H15N. The Hall–Kier alpha value is -0.720. The van der Waals surface area contributed by atoms with E-state index in [1.807, 2.05) is 6.08 Å². The topological polar surface area (TPSA) is 26.0 Å². The highest BCUT2D eigenvalue weighted by Crippen LogP contribution is 2.23. The van der Waals surface area contributed by atoms with E-state index in [1.54, 1.807) is 0 Å². The van der Waals surface area contributed by atoms with E-state index in [1.165, 1.54) is 6.42 Å². The molecule has 56 valence electrons. The molecule has 1 rings (SSSR count). The summed E-state index contributed by atoms with van der Waals surface area (Å²) in [6.07, 6.45) is 8.76. The van der Waals surface area contributed by atoms with E-state index in [9.17, 15) is 0 Å². The Kier molecular flexibility index (Phi) is 2.55. The second-order valence-corrected chi connectivity index (χ2v) is 2.95. The number of hydrogen-bond donors (Lipinski definition) is 1. The number of nitrogens with two attached hydrogens (primary N) is 1. The molecule has 0 radical (unpaired) electrons. The molecule has 0 aromatic carbocycles. The minimum atomic E-state index is 0.766. The van der Waals surface area contributed by atoms with Crippen molar-refractivity contribution in [3.63, 3.8) is 0 Å². The van der Waals surface area contributed by atoms with Crippen molar-refractivity contribution in [1.29, 1.82) is 0 Å². The van der Waals surface area contributed by atoms with Crippen LogP contribution in [0.5, 0.6) is 0 Å². The van der Waals surface area contributed by atoms with E-state index in [4.69, 9.17) is 5.73 Å². The maximum atomic E-state index is 5.68. The van der Waals surface area contributed by atoms with Gasteiger partial charge in [0.15, 0.2) is 0 Å².